The third-order valence-corrected chi connectivity index (χ3v) is 6.83. The second kappa shape index (κ2) is 8.45. The molecular formula is C22H22N2O2S2. The molecule has 0 saturated carbocycles. The van der Waals surface area contributed by atoms with Crippen molar-refractivity contribution in [2.24, 2.45) is 0 Å². The summed E-state index contributed by atoms with van der Waals surface area (Å²) < 4.78 is 7.00. The van der Waals surface area contributed by atoms with Gasteiger partial charge < -0.3 is 4.74 Å². The Balaban J connectivity index is 1.68. The van der Waals surface area contributed by atoms with Gasteiger partial charge in [-0.2, -0.15) is 0 Å². The molecule has 144 valence electrons. The lowest BCUT2D eigenvalue weighted by Crippen LogP contribution is -2.24. The van der Waals surface area contributed by atoms with Crippen molar-refractivity contribution in [1.82, 2.24) is 9.55 Å². The summed E-state index contributed by atoms with van der Waals surface area (Å²) in [6, 6.07) is 18.0. The van der Waals surface area contributed by atoms with Crippen molar-refractivity contribution in [1.29, 1.82) is 0 Å². The summed E-state index contributed by atoms with van der Waals surface area (Å²) in [4.78, 5) is 18.9. The molecule has 0 N–H and O–H groups in total. The molecule has 0 fully saturated rings. The normalized spacial score (nSPS) is 15.4. The summed E-state index contributed by atoms with van der Waals surface area (Å²) in [6.45, 7) is 2.14. The molecule has 1 aliphatic rings. The molecule has 0 amide bonds. The van der Waals surface area contributed by atoms with Gasteiger partial charge in [0, 0.05) is 17.4 Å². The number of methoxy groups -OCH3 is 1. The van der Waals surface area contributed by atoms with E-state index in [0.29, 0.717) is 5.25 Å². The van der Waals surface area contributed by atoms with Gasteiger partial charge >= 0.3 is 0 Å². The van der Waals surface area contributed by atoms with E-state index in [9.17, 15) is 4.79 Å². The molecule has 1 unspecified atom stereocenters. The van der Waals surface area contributed by atoms with Crippen molar-refractivity contribution in [2.45, 2.75) is 35.1 Å². The number of hydrogen-bond donors (Lipinski definition) is 0. The molecule has 1 aromatic heterocycles. The largest absolute Gasteiger partial charge is 0.497 e. The first-order valence-corrected chi connectivity index (χ1v) is 11.2. The van der Waals surface area contributed by atoms with Crippen LogP contribution in [0, 0.1) is 0 Å². The molecule has 0 bridgehead atoms. The van der Waals surface area contributed by atoms with Crippen molar-refractivity contribution in [3.8, 4) is 11.4 Å². The van der Waals surface area contributed by atoms with Crippen molar-refractivity contribution in [3.05, 3.63) is 76.2 Å². The van der Waals surface area contributed by atoms with E-state index >= 15 is 0 Å². The van der Waals surface area contributed by atoms with E-state index < -0.39 is 0 Å². The Hall–Kier alpha value is -2.18. The molecule has 0 aliphatic carbocycles. The maximum Gasteiger partial charge on any atom is 0.272 e. The summed E-state index contributed by atoms with van der Waals surface area (Å²) in [5, 5.41) is 1.16. The highest BCUT2D eigenvalue weighted by molar-refractivity contribution is 8.00. The first kappa shape index (κ1) is 19.2. The SMILES string of the molecule is COc1ccc(-n2c(SCCc3ccccc3)nc3c(c2=O)SC(C)C3)cc1. The Kier molecular flexibility index (Phi) is 5.78. The zero-order valence-electron chi connectivity index (χ0n) is 15.9. The molecule has 28 heavy (non-hydrogen) atoms. The van der Waals surface area contributed by atoms with E-state index in [-0.39, 0.29) is 5.56 Å². The van der Waals surface area contributed by atoms with Crippen LogP contribution in [-0.4, -0.2) is 27.7 Å². The molecule has 3 aromatic rings. The van der Waals surface area contributed by atoms with Crippen molar-refractivity contribution >= 4 is 23.5 Å². The summed E-state index contributed by atoms with van der Waals surface area (Å²) in [7, 11) is 1.64. The number of nitrogens with zero attached hydrogens (tertiary/aromatic N) is 2. The second-order valence-electron chi connectivity index (χ2n) is 6.73. The maximum atomic E-state index is 13.3. The van der Waals surface area contributed by atoms with Crippen LogP contribution in [0.2, 0.25) is 0 Å². The van der Waals surface area contributed by atoms with E-state index in [1.165, 1.54) is 5.56 Å². The minimum absolute atomic E-state index is 0.0340. The highest BCUT2D eigenvalue weighted by atomic mass is 32.2. The number of ether oxygens (including phenoxy) is 1. The van der Waals surface area contributed by atoms with Gasteiger partial charge in [-0.3, -0.25) is 9.36 Å². The number of aryl methyl sites for hydroxylation is 1. The van der Waals surface area contributed by atoms with Crippen LogP contribution in [0.1, 0.15) is 18.2 Å². The minimum atomic E-state index is 0.0340. The van der Waals surface area contributed by atoms with Gasteiger partial charge in [-0.15, -0.1) is 11.8 Å². The number of thioether (sulfide) groups is 2. The van der Waals surface area contributed by atoms with Gasteiger partial charge in [-0.05, 0) is 36.2 Å². The monoisotopic (exact) mass is 410 g/mol. The molecule has 1 aliphatic heterocycles. The first-order chi connectivity index (χ1) is 13.7. The number of aromatic nitrogens is 2. The summed E-state index contributed by atoms with van der Waals surface area (Å²) in [5.41, 5.74) is 3.09. The van der Waals surface area contributed by atoms with Gasteiger partial charge in [-0.25, -0.2) is 4.98 Å². The van der Waals surface area contributed by atoms with Crippen LogP contribution in [0.5, 0.6) is 5.75 Å². The van der Waals surface area contributed by atoms with Crippen LogP contribution in [-0.2, 0) is 12.8 Å². The third-order valence-electron chi connectivity index (χ3n) is 4.68. The molecule has 2 aromatic carbocycles. The fourth-order valence-corrected chi connectivity index (χ4v) is 5.37. The number of benzene rings is 2. The number of fused-ring (bicyclic) bond motifs is 1. The lowest BCUT2D eigenvalue weighted by atomic mass is 10.2. The fourth-order valence-electron chi connectivity index (χ4n) is 3.26. The van der Waals surface area contributed by atoms with E-state index in [1.807, 2.05) is 30.3 Å². The van der Waals surface area contributed by atoms with Gasteiger partial charge in [0.2, 0.25) is 0 Å². The van der Waals surface area contributed by atoms with Crippen LogP contribution in [0.4, 0.5) is 0 Å². The Bertz CT molecular complexity index is 1020. The molecule has 0 saturated heterocycles. The Morgan fingerprint density at radius 2 is 1.93 bits per heavy atom. The van der Waals surface area contributed by atoms with Crippen molar-refractivity contribution in [2.75, 3.05) is 12.9 Å². The molecule has 2 heterocycles. The quantitative estimate of drug-likeness (QED) is 0.438. The standard InChI is InChI=1S/C22H22N2O2S2/c1-15-14-19-20(28-15)21(25)24(17-8-10-18(26-2)11-9-17)22(23-19)27-13-12-16-6-4-3-5-7-16/h3-11,15H,12-14H2,1-2H3. The summed E-state index contributed by atoms with van der Waals surface area (Å²) in [6.07, 6.45) is 1.79. The topological polar surface area (TPSA) is 44.1 Å². The van der Waals surface area contributed by atoms with Crippen LogP contribution < -0.4 is 10.3 Å². The summed E-state index contributed by atoms with van der Waals surface area (Å²) in [5.74, 6) is 1.64. The van der Waals surface area contributed by atoms with Gasteiger partial charge in [-0.1, -0.05) is 49.0 Å². The highest BCUT2D eigenvalue weighted by Gasteiger charge is 2.26. The summed E-state index contributed by atoms with van der Waals surface area (Å²) >= 11 is 3.27. The Morgan fingerprint density at radius 1 is 1.18 bits per heavy atom. The smallest absolute Gasteiger partial charge is 0.272 e. The molecule has 0 spiro atoms. The zero-order chi connectivity index (χ0) is 19.5. The van der Waals surface area contributed by atoms with Crippen LogP contribution in [0.3, 0.4) is 0 Å². The number of hydrogen-bond acceptors (Lipinski definition) is 5. The lowest BCUT2D eigenvalue weighted by Gasteiger charge is -2.14. The molecule has 6 heteroatoms. The van der Waals surface area contributed by atoms with Crippen LogP contribution >= 0.6 is 23.5 Å². The maximum absolute atomic E-state index is 13.3. The van der Waals surface area contributed by atoms with Gasteiger partial charge in [0.05, 0.1) is 23.4 Å². The predicted octanol–water partition coefficient (Wildman–Crippen LogP) is 4.61. The molecule has 1 atom stereocenters. The fraction of sp³-hybridized carbons (Fsp3) is 0.273. The second-order valence-corrected chi connectivity index (χ2v) is 9.24. The van der Waals surface area contributed by atoms with Crippen molar-refractivity contribution < 1.29 is 4.74 Å². The van der Waals surface area contributed by atoms with E-state index in [1.54, 1.807) is 35.2 Å². The average Bonchev–Trinajstić information content (AvgIpc) is 3.10. The first-order valence-electron chi connectivity index (χ1n) is 9.29. The van der Waals surface area contributed by atoms with E-state index in [0.717, 1.165) is 45.8 Å². The van der Waals surface area contributed by atoms with E-state index in [4.69, 9.17) is 9.72 Å². The molecule has 0 radical (unpaired) electrons. The molecule has 4 rings (SSSR count). The number of rotatable bonds is 6. The van der Waals surface area contributed by atoms with Gasteiger partial charge in [0.25, 0.3) is 5.56 Å². The molecular weight excluding hydrogens is 388 g/mol. The van der Waals surface area contributed by atoms with Crippen LogP contribution in [0.15, 0.2) is 69.4 Å². The minimum Gasteiger partial charge on any atom is -0.497 e. The average molecular weight is 411 g/mol. The van der Waals surface area contributed by atoms with E-state index in [2.05, 4.69) is 31.2 Å². The Morgan fingerprint density at radius 3 is 2.64 bits per heavy atom. The highest BCUT2D eigenvalue weighted by Crippen LogP contribution is 2.35. The molecule has 4 nitrogen and oxygen atoms in total. The van der Waals surface area contributed by atoms with Gasteiger partial charge in [0.1, 0.15) is 5.75 Å². The lowest BCUT2D eigenvalue weighted by molar-refractivity contribution is 0.414. The zero-order valence-corrected chi connectivity index (χ0v) is 17.6. The third kappa shape index (κ3) is 3.98. The van der Waals surface area contributed by atoms with Crippen molar-refractivity contribution in [3.63, 3.8) is 0 Å². The van der Waals surface area contributed by atoms with Gasteiger partial charge in [0.15, 0.2) is 5.16 Å². The Labute approximate surface area is 173 Å². The van der Waals surface area contributed by atoms with Crippen LogP contribution in [0.25, 0.3) is 5.69 Å². The predicted molar refractivity (Wildman–Crippen MR) is 116 cm³/mol.